The minimum absolute atomic E-state index is 0.340. The van der Waals surface area contributed by atoms with E-state index in [9.17, 15) is 5.26 Å². The van der Waals surface area contributed by atoms with Crippen molar-refractivity contribution in [3.8, 4) is 45.6 Å². The van der Waals surface area contributed by atoms with E-state index in [1.165, 1.54) is 0 Å². The second-order valence-electron chi connectivity index (χ2n) is 20.5. The maximum atomic E-state index is 10.5. The van der Waals surface area contributed by atoms with E-state index in [1.807, 2.05) is 12.3 Å². The van der Waals surface area contributed by atoms with Gasteiger partial charge in [-0.05, 0) is 72.8 Å². The molecule has 0 saturated heterocycles. The summed E-state index contributed by atoms with van der Waals surface area (Å²) in [6.07, 6.45) is 1.92. The van der Waals surface area contributed by atoms with Crippen LogP contribution < -0.4 is 0 Å². The Morgan fingerprint density at radius 2 is 0.443 bits per heavy atom. The summed E-state index contributed by atoms with van der Waals surface area (Å²) in [6, 6.07) is 95.0. The molecule has 0 amide bonds. The zero-order valence-electron chi connectivity index (χ0n) is 42.5. The molecule has 6 aromatic heterocycles. The lowest BCUT2D eigenvalue weighted by Crippen LogP contribution is -2.18. The molecule has 0 aliphatic carbocycles. The second kappa shape index (κ2) is 16.5. The van der Waals surface area contributed by atoms with Gasteiger partial charge in [0.25, 0.3) is 0 Å². The smallest absolute Gasteiger partial charge is 0.140 e. The molecule has 0 unspecified atom stereocenters. The number of nitrogens with zero attached hydrogens (tertiary/aromatic N) is 7. The van der Waals surface area contributed by atoms with Crippen molar-refractivity contribution in [1.29, 1.82) is 5.26 Å². The molecule has 79 heavy (non-hydrogen) atoms. The highest BCUT2D eigenvalue weighted by molar-refractivity contribution is 6.19. The Balaban J connectivity index is 1.30. The van der Waals surface area contributed by atoms with Crippen LogP contribution in [0.5, 0.6) is 0 Å². The average Bonchev–Trinajstić information content (AvgIpc) is 3.47. The Hall–Kier alpha value is -10.9. The number of aromatic nitrogens is 6. The molecule has 7 nitrogen and oxygen atoms in total. The first-order valence-electron chi connectivity index (χ1n) is 26.8. The van der Waals surface area contributed by atoms with E-state index in [4.69, 9.17) is 4.98 Å². The fraction of sp³-hybridized carbons (Fsp3) is 0. The maximum Gasteiger partial charge on any atom is 0.140 e. The Labute approximate surface area is 452 Å². The van der Waals surface area contributed by atoms with Gasteiger partial charge in [0, 0.05) is 71.2 Å². The quantitative estimate of drug-likeness (QED) is 0.167. The number of fused-ring (bicyclic) bond motifs is 15. The molecule has 0 radical (unpaired) electrons. The van der Waals surface area contributed by atoms with Crippen molar-refractivity contribution >= 4 is 109 Å². The zero-order chi connectivity index (χ0) is 51.9. The number of nitriles is 1. The highest BCUT2D eigenvalue weighted by Crippen LogP contribution is 2.54. The Kier molecular flexibility index (Phi) is 9.06. The lowest BCUT2D eigenvalue weighted by atomic mass is 9.95. The van der Waals surface area contributed by atoms with E-state index in [0.29, 0.717) is 5.69 Å². The van der Waals surface area contributed by atoms with E-state index >= 15 is 0 Å². The summed E-state index contributed by atoms with van der Waals surface area (Å²) in [5.41, 5.74) is 17.6. The zero-order valence-corrected chi connectivity index (χ0v) is 42.5. The van der Waals surface area contributed by atoms with Gasteiger partial charge in [-0.2, -0.15) is 5.26 Å². The van der Waals surface area contributed by atoms with E-state index in [1.54, 1.807) is 0 Å². The van der Waals surface area contributed by atoms with Crippen molar-refractivity contribution in [2.45, 2.75) is 0 Å². The van der Waals surface area contributed by atoms with Gasteiger partial charge in [0.2, 0.25) is 0 Å². The molecular weight excluding hydrogens is 963 g/mol. The van der Waals surface area contributed by atoms with Gasteiger partial charge >= 0.3 is 0 Å². The van der Waals surface area contributed by atoms with Crippen LogP contribution in [0.2, 0.25) is 0 Å². The summed E-state index contributed by atoms with van der Waals surface area (Å²) in [5, 5.41) is 21.9. The topological polar surface area (TPSA) is 61.3 Å². The van der Waals surface area contributed by atoms with Gasteiger partial charge in [-0.25, -0.2) is 4.98 Å². The lowest BCUT2D eigenvalue weighted by Gasteiger charge is -2.32. The highest BCUT2D eigenvalue weighted by Gasteiger charge is 2.36. The third-order valence-corrected chi connectivity index (χ3v) is 16.6. The van der Waals surface area contributed by atoms with Gasteiger partial charge in [0.05, 0.1) is 83.6 Å². The van der Waals surface area contributed by atoms with Crippen molar-refractivity contribution in [3.63, 3.8) is 0 Å². The standard InChI is InChI=1S/C72H43N7/c73-43-46-42-41-45(44-74-46)67-68(75-57-31-11-1-21-47(57)48-22-2-12-32-58(48)75)70(77-61-35-15-5-25-51(61)52-26-6-16-36-62(52)77)72(79-65-39-19-9-29-55(65)56-30-10-20-40-66(56)79)71(78-63-37-17-7-27-53(63)54-28-8-18-38-64(54)78)69(67)76-59-33-13-3-23-49(59)50-24-4-14-34-60(50)76/h1-42,44H. The molecule has 11 aromatic carbocycles. The Morgan fingerprint density at radius 1 is 0.241 bits per heavy atom. The van der Waals surface area contributed by atoms with E-state index in [-0.39, 0.29) is 0 Å². The van der Waals surface area contributed by atoms with Gasteiger partial charge in [0.1, 0.15) is 11.8 Å². The summed E-state index contributed by atoms with van der Waals surface area (Å²) < 4.78 is 12.7. The van der Waals surface area contributed by atoms with Crippen LogP contribution in [0.15, 0.2) is 261 Å². The molecule has 0 aliphatic heterocycles. The van der Waals surface area contributed by atoms with Crippen molar-refractivity contribution in [3.05, 3.63) is 267 Å². The summed E-state index contributed by atoms with van der Waals surface area (Å²) in [6.45, 7) is 0. The lowest BCUT2D eigenvalue weighted by molar-refractivity contribution is 1.00. The summed E-state index contributed by atoms with van der Waals surface area (Å²) in [7, 11) is 0. The van der Waals surface area contributed by atoms with E-state index in [2.05, 4.69) is 278 Å². The number of hydrogen-bond donors (Lipinski definition) is 0. The van der Waals surface area contributed by atoms with Crippen LogP contribution in [0, 0.1) is 11.3 Å². The molecular formula is C72H43N7. The number of benzene rings is 11. The third-order valence-electron chi connectivity index (χ3n) is 16.6. The molecule has 0 saturated carbocycles. The minimum atomic E-state index is 0.340. The van der Waals surface area contributed by atoms with Gasteiger partial charge in [-0.15, -0.1) is 0 Å². The molecule has 6 heterocycles. The van der Waals surface area contributed by atoms with Gasteiger partial charge in [-0.1, -0.05) is 182 Å². The molecule has 7 heteroatoms. The summed E-state index contributed by atoms with van der Waals surface area (Å²) in [5.74, 6) is 0. The van der Waals surface area contributed by atoms with E-state index in [0.717, 1.165) is 149 Å². The predicted octanol–water partition coefficient (Wildman–Crippen LogP) is 18.1. The molecule has 0 spiro atoms. The van der Waals surface area contributed by atoms with Crippen molar-refractivity contribution < 1.29 is 0 Å². The van der Waals surface area contributed by atoms with Crippen LogP contribution in [-0.2, 0) is 0 Å². The first kappa shape index (κ1) is 43.3. The monoisotopic (exact) mass is 1010 g/mol. The number of para-hydroxylation sites is 10. The normalized spacial score (nSPS) is 12.0. The van der Waals surface area contributed by atoms with Crippen molar-refractivity contribution in [2.24, 2.45) is 0 Å². The van der Waals surface area contributed by atoms with Crippen LogP contribution in [0.25, 0.3) is 149 Å². The van der Waals surface area contributed by atoms with Crippen molar-refractivity contribution in [1.82, 2.24) is 27.8 Å². The molecule has 366 valence electrons. The highest BCUT2D eigenvalue weighted by atomic mass is 15.2. The van der Waals surface area contributed by atoms with Gasteiger partial charge in [-0.3, -0.25) is 0 Å². The Bertz CT molecular complexity index is 4940. The van der Waals surface area contributed by atoms with Crippen molar-refractivity contribution in [2.75, 3.05) is 0 Å². The van der Waals surface area contributed by atoms with Crippen LogP contribution in [0.4, 0.5) is 0 Å². The van der Waals surface area contributed by atoms with Crippen LogP contribution >= 0.6 is 0 Å². The average molecular weight is 1010 g/mol. The fourth-order valence-electron chi connectivity index (χ4n) is 13.5. The molecule has 0 atom stereocenters. The first-order valence-corrected chi connectivity index (χ1v) is 26.8. The third kappa shape index (κ3) is 5.92. The predicted molar refractivity (Wildman–Crippen MR) is 326 cm³/mol. The number of rotatable bonds is 6. The molecule has 0 N–H and O–H groups in total. The summed E-state index contributed by atoms with van der Waals surface area (Å²) >= 11 is 0. The van der Waals surface area contributed by atoms with Crippen LogP contribution in [0.1, 0.15) is 5.69 Å². The molecule has 0 aliphatic rings. The second-order valence-corrected chi connectivity index (χ2v) is 20.5. The van der Waals surface area contributed by atoms with Crippen LogP contribution in [0.3, 0.4) is 0 Å². The molecule has 0 bridgehead atoms. The van der Waals surface area contributed by atoms with Gasteiger partial charge < -0.3 is 22.8 Å². The molecule has 0 fully saturated rings. The molecule has 17 rings (SSSR count). The Morgan fingerprint density at radius 3 is 0.646 bits per heavy atom. The van der Waals surface area contributed by atoms with Gasteiger partial charge in [0.15, 0.2) is 0 Å². The fourth-order valence-corrected chi connectivity index (χ4v) is 13.5. The maximum absolute atomic E-state index is 10.5. The minimum Gasteiger partial charge on any atom is -0.306 e. The van der Waals surface area contributed by atoms with E-state index < -0.39 is 0 Å². The first-order chi connectivity index (χ1) is 39.2. The SMILES string of the molecule is N#Cc1ccc(-c2c(-n3c4ccccc4c4ccccc43)c(-n3c4ccccc4c4ccccc43)c(-n3c4ccccc4c4ccccc43)c(-n3c4ccccc4c4ccccc43)c2-n2c3ccccc3c3ccccc32)cn1. The number of hydrogen-bond acceptors (Lipinski definition) is 2. The van der Waals surface area contributed by atoms with Crippen LogP contribution in [-0.4, -0.2) is 27.8 Å². The molecule has 17 aromatic rings. The largest absolute Gasteiger partial charge is 0.306 e. The summed E-state index contributed by atoms with van der Waals surface area (Å²) in [4.78, 5) is 5.01. The number of pyridine rings is 1.